The van der Waals surface area contributed by atoms with Gasteiger partial charge in [-0.1, -0.05) is 25.0 Å². The van der Waals surface area contributed by atoms with Gasteiger partial charge < -0.3 is 5.11 Å². The van der Waals surface area contributed by atoms with Crippen LogP contribution in [0.25, 0.3) is 10.4 Å². The van der Waals surface area contributed by atoms with E-state index in [1.807, 2.05) is 6.08 Å². The van der Waals surface area contributed by atoms with Gasteiger partial charge in [0.25, 0.3) is 0 Å². The summed E-state index contributed by atoms with van der Waals surface area (Å²) >= 11 is 0. The topological polar surface area (TPSA) is 86.1 Å². The van der Waals surface area contributed by atoms with E-state index in [1.54, 1.807) is 0 Å². The van der Waals surface area contributed by atoms with Gasteiger partial charge >= 0.3 is 0 Å². The predicted molar refractivity (Wildman–Crippen MR) is 90.7 cm³/mol. The molecule has 7 atom stereocenters. The number of carbonyl (C=O) groups excluding carboxylic acids is 1. The molecule has 5 heteroatoms. The molecular formula is C19H27N3O2. The Balaban J connectivity index is 1.72. The Labute approximate surface area is 143 Å². The number of allylic oxidation sites excluding steroid dienone is 2. The summed E-state index contributed by atoms with van der Waals surface area (Å²) in [6, 6.07) is 0. The van der Waals surface area contributed by atoms with Crippen LogP contribution in [-0.4, -0.2) is 17.0 Å². The zero-order chi connectivity index (χ0) is 17.1. The Bertz CT molecular complexity index is 653. The molecule has 5 nitrogen and oxygen atoms in total. The highest BCUT2D eigenvalue weighted by Crippen LogP contribution is 2.65. The van der Waals surface area contributed by atoms with Crippen molar-refractivity contribution in [2.45, 2.75) is 64.9 Å². The van der Waals surface area contributed by atoms with Crippen molar-refractivity contribution in [3.63, 3.8) is 0 Å². The average Bonchev–Trinajstić information content (AvgIpc) is 2.85. The smallest absolute Gasteiger partial charge is 0.165 e. The molecule has 0 aromatic carbocycles. The van der Waals surface area contributed by atoms with Crippen LogP contribution in [0.1, 0.15) is 58.8 Å². The number of ketones is 1. The largest absolute Gasteiger partial charge is 0.393 e. The molecule has 4 rings (SSSR count). The van der Waals surface area contributed by atoms with E-state index in [0.717, 1.165) is 32.1 Å². The molecule has 0 spiro atoms. The van der Waals surface area contributed by atoms with Crippen LogP contribution in [0.3, 0.4) is 0 Å². The minimum Gasteiger partial charge on any atom is -0.393 e. The van der Waals surface area contributed by atoms with Crippen LogP contribution in [-0.2, 0) is 4.79 Å². The number of Topliss-reactive ketones (excluding diaryl/α,β-unsaturated/α-hetero) is 1. The Morgan fingerprint density at radius 1 is 1.21 bits per heavy atom. The van der Waals surface area contributed by atoms with Gasteiger partial charge in [-0.05, 0) is 78.6 Å². The maximum atomic E-state index is 12.3. The van der Waals surface area contributed by atoms with Gasteiger partial charge in [0.05, 0.1) is 11.8 Å². The third-order valence-electron chi connectivity index (χ3n) is 8.23. The fraction of sp³-hybridized carbons (Fsp3) is 0.842. The zero-order valence-corrected chi connectivity index (χ0v) is 14.6. The first kappa shape index (κ1) is 16.2. The number of aliphatic hydroxyl groups excluding tert-OH is 1. The van der Waals surface area contributed by atoms with Gasteiger partial charge in [0, 0.05) is 11.3 Å². The number of hydrogen-bond donors (Lipinski definition) is 1. The first-order valence-electron chi connectivity index (χ1n) is 9.39. The molecule has 0 bridgehead atoms. The van der Waals surface area contributed by atoms with E-state index >= 15 is 0 Å². The molecule has 0 saturated heterocycles. The minimum atomic E-state index is -0.156. The van der Waals surface area contributed by atoms with Gasteiger partial charge in [-0.2, -0.15) is 0 Å². The molecule has 0 radical (unpaired) electrons. The molecule has 1 N–H and O–H groups in total. The summed E-state index contributed by atoms with van der Waals surface area (Å²) in [5, 5.41) is 14.2. The number of hydrogen-bond acceptors (Lipinski definition) is 3. The second kappa shape index (κ2) is 5.34. The summed E-state index contributed by atoms with van der Waals surface area (Å²) in [4.78, 5) is 15.1. The van der Waals surface area contributed by atoms with Gasteiger partial charge in [-0.25, -0.2) is 0 Å². The third-order valence-corrected chi connectivity index (χ3v) is 8.23. The number of azide groups is 1. The lowest BCUT2D eigenvalue weighted by molar-refractivity contribution is -0.125. The standard InChI is InChI=1S/C19H27N3O2/c1-18-8-7-14-12(13(18)5-6-17(18)24)4-3-11-9-16(23)15(21-22-20)10-19(11,14)2/h10-14,17,24H,3-9H2,1-2H3/t11-,12-,13-,14-,17-,18-,19-/m0/s1. The number of fused-ring (bicyclic) bond motifs is 5. The fourth-order valence-corrected chi connectivity index (χ4v) is 6.83. The Morgan fingerprint density at radius 2 is 2.00 bits per heavy atom. The van der Waals surface area contributed by atoms with Gasteiger partial charge in [0.15, 0.2) is 5.78 Å². The Kier molecular flexibility index (Phi) is 3.59. The third kappa shape index (κ3) is 2.04. The van der Waals surface area contributed by atoms with Gasteiger partial charge in [-0.3, -0.25) is 4.79 Å². The van der Waals surface area contributed by atoms with E-state index in [2.05, 4.69) is 23.9 Å². The van der Waals surface area contributed by atoms with E-state index in [0.29, 0.717) is 35.8 Å². The lowest BCUT2D eigenvalue weighted by Gasteiger charge is -2.58. The molecule has 0 aliphatic heterocycles. The molecule has 0 unspecified atom stereocenters. The van der Waals surface area contributed by atoms with Crippen LogP contribution in [0.15, 0.2) is 16.9 Å². The highest BCUT2D eigenvalue weighted by Gasteiger charge is 2.59. The van der Waals surface area contributed by atoms with Crippen molar-refractivity contribution in [3.05, 3.63) is 22.2 Å². The number of carbonyl (C=O) groups is 1. The van der Waals surface area contributed by atoms with Gasteiger partial charge in [-0.15, -0.1) is 0 Å². The number of aliphatic hydroxyl groups is 1. The molecular weight excluding hydrogens is 302 g/mol. The van der Waals surface area contributed by atoms with E-state index < -0.39 is 0 Å². The van der Waals surface area contributed by atoms with Crippen molar-refractivity contribution < 1.29 is 9.90 Å². The molecule has 24 heavy (non-hydrogen) atoms. The number of nitrogens with zero attached hydrogens (tertiary/aromatic N) is 3. The van der Waals surface area contributed by atoms with Crippen LogP contribution in [0.2, 0.25) is 0 Å². The second-order valence-electron chi connectivity index (χ2n) is 9.00. The summed E-state index contributed by atoms with van der Waals surface area (Å²) in [7, 11) is 0. The van der Waals surface area contributed by atoms with E-state index in [4.69, 9.17) is 5.53 Å². The van der Waals surface area contributed by atoms with Crippen LogP contribution < -0.4 is 0 Å². The maximum Gasteiger partial charge on any atom is 0.165 e. The van der Waals surface area contributed by atoms with Gasteiger partial charge in [0.2, 0.25) is 0 Å². The zero-order valence-electron chi connectivity index (χ0n) is 14.6. The van der Waals surface area contributed by atoms with Crippen molar-refractivity contribution in [2.75, 3.05) is 0 Å². The van der Waals surface area contributed by atoms with Crippen LogP contribution in [0, 0.1) is 34.5 Å². The number of rotatable bonds is 1. The fourth-order valence-electron chi connectivity index (χ4n) is 6.83. The van der Waals surface area contributed by atoms with E-state index in [-0.39, 0.29) is 22.7 Å². The van der Waals surface area contributed by atoms with Crippen molar-refractivity contribution in [1.82, 2.24) is 0 Å². The van der Waals surface area contributed by atoms with Gasteiger partial charge in [0.1, 0.15) is 0 Å². The highest BCUT2D eigenvalue weighted by atomic mass is 16.3. The van der Waals surface area contributed by atoms with E-state index in [1.165, 1.54) is 6.42 Å². The molecule has 0 heterocycles. The SMILES string of the molecule is C[C@]12C=C(N=[N+]=[N-])C(=O)C[C@@H]1CC[C@@H]1[C@@H]2CC[C@]2(C)[C@@H](O)CC[C@@H]12. The molecule has 0 aromatic heterocycles. The lowest BCUT2D eigenvalue weighted by Crippen LogP contribution is -2.53. The first-order valence-corrected chi connectivity index (χ1v) is 9.39. The summed E-state index contributed by atoms with van der Waals surface area (Å²) < 4.78 is 0. The summed E-state index contributed by atoms with van der Waals surface area (Å²) in [6.07, 6.45) is 8.87. The summed E-state index contributed by atoms with van der Waals surface area (Å²) in [5.41, 5.74) is 9.13. The minimum absolute atomic E-state index is 0.00524. The molecule has 4 aliphatic carbocycles. The Hall–Kier alpha value is -1.32. The van der Waals surface area contributed by atoms with Crippen LogP contribution >= 0.6 is 0 Å². The van der Waals surface area contributed by atoms with Crippen molar-refractivity contribution in [3.8, 4) is 0 Å². The van der Waals surface area contributed by atoms with Crippen LogP contribution in [0.5, 0.6) is 0 Å². The van der Waals surface area contributed by atoms with Crippen molar-refractivity contribution in [2.24, 2.45) is 39.6 Å². The quantitative estimate of drug-likeness (QED) is 0.440. The Morgan fingerprint density at radius 3 is 2.75 bits per heavy atom. The lowest BCUT2D eigenvalue weighted by atomic mass is 9.46. The van der Waals surface area contributed by atoms with E-state index in [9.17, 15) is 9.90 Å². The van der Waals surface area contributed by atoms with Crippen molar-refractivity contribution in [1.29, 1.82) is 0 Å². The molecule has 130 valence electrons. The molecule has 3 fully saturated rings. The van der Waals surface area contributed by atoms with Crippen molar-refractivity contribution >= 4 is 5.78 Å². The predicted octanol–water partition coefficient (Wildman–Crippen LogP) is 4.37. The highest BCUT2D eigenvalue weighted by molar-refractivity contribution is 5.96. The summed E-state index contributed by atoms with van der Waals surface area (Å²) in [6.45, 7) is 4.56. The molecule has 3 saturated carbocycles. The molecule has 4 aliphatic rings. The molecule has 0 aromatic rings. The maximum absolute atomic E-state index is 12.3. The molecule has 0 amide bonds. The average molecular weight is 329 g/mol. The second-order valence-corrected chi connectivity index (χ2v) is 9.00. The monoisotopic (exact) mass is 329 g/mol. The summed E-state index contributed by atoms with van der Waals surface area (Å²) in [5.74, 6) is 2.14. The normalized spacial score (nSPS) is 50.2. The van der Waals surface area contributed by atoms with Crippen LogP contribution in [0.4, 0.5) is 0 Å². The first-order chi connectivity index (χ1) is 11.4.